The van der Waals surface area contributed by atoms with Crippen LogP contribution >= 0.6 is 11.6 Å². The third-order valence-electron chi connectivity index (χ3n) is 3.94. The molecule has 0 saturated carbocycles. The number of nitrogens with zero attached hydrogens (tertiary/aromatic N) is 2. The van der Waals surface area contributed by atoms with Crippen molar-refractivity contribution >= 4 is 23.2 Å². The summed E-state index contributed by atoms with van der Waals surface area (Å²) in [4.78, 5) is 14.5. The predicted molar refractivity (Wildman–Crippen MR) is 98.4 cm³/mol. The van der Waals surface area contributed by atoms with Crippen LogP contribution in [-0.4, -0.2) is 50.2 Å². The Morgan fingerprint density at radius 1 is 1.44 bits per heavy atom. The van der Waals surface area contributed by atoms with E-state index < -0.39 is 5.91 Å². The average Bonchev–Trinajstić information content (AvgIpc) is 2.62. The SMILES string of the molecule is Cc1ccc(NC(=O)/C(C#N)=C\NCCCN2CCOCC2)cc1Cl. The Bertz CT molecular complexity index is 664. The number of rotatable bonds is 7. The molecule has 0 bridgehead atoms. The van der Waals surface area contributed by atoms with Crippen molar-refractivity contribution < 1.29 is 9.53 Å². The van der Waals surface area contributed by atoms with Crippen LogP contribution in [0.4, 0.5) is 5.69 Å². The number of halogens is 1. The maximum absolute atomic E-state index is 12.1. The summed E-state index contributed by atoms with van der Waals surface area (Å²) < 4.78 is 5.31. The number of anilines is 1. The Balaban J connectivity index is 1.77. The maximum atomic E-state index is 12.1. The van der Waals surface area contributed by atoms with Crippen molar-refractivity contribution in [2.24, 2.45) is 0 Å². The number of aryl methyl sites for hydroxylation is 1. The van der Waals surface area contributed by atoms with Crippen molar-refractivity contribution in [3.63, 3.8) is 0 Å². The first kappa shape index (κ1) is 19.3. The maximum Gasteiger partial charge on any atom is 0.267 e. The van der Waals surface area contributed by atoms with Crippen molar-refractivity contribution in [2.45, 2.75) is 13.3 Å². The molecule has 0 atom stereocenters. The number of nitrogens with one attached hydrogen (secondary N) is 2. The molecule has 1 aliphatic rings. The quantitative estimate of drug-likeness (QED) is 0.442. The summed E-state index contributed by atoms with van der Waals surface area (Å²) in [6, 6.07) is 7.15. The minimum atomic E-state index is -0.455. The van der Waals surface area contributed by atoms with Crippen LogP contribution in [0.25, 0.3) is 0 Å². The highest BCUT2D eigenvalue weighted by Crippen LogP contribution is 2.20. The van der Waals surface area contributed by atoms with Gasteiger partial charge < -0.3 is 15.4 Å². The van der Waals surface area contributed by atoms with Crippen LogP contribution in [0.5, 0.6) is 0 Å². The fourth-order valence-corrected chi connectivity index (χ4v) is 2.60. The first-order chi connectivity index (χ1) is 12.1. The van der Waals surface area contributed by atoms with Gasteiger partial charge in [0.15, 0.2) is 0 Å². The van der Waals surface area contributed by atoms with Gasteiger partial charge in [0.1, 0.15) is 11.6 Å². The largest absolute Gasteiger partial charge is 0.390 e. The van der Waals surface area contributed by atoms with Crippen molar-refractivity contribution in [1.82, 2.24) is 10.2 Å². The Kier molecular flexibility index (Phi) is 7.74. The second-order valence-corrected chi connectivity index (χ2v) is 6.26. The normalized spacial score (nSPS) is 15.5. The minimum absolute atomic E-state index is 0.0306. The van der Waals surface area contributed by atoms with Crippen molar-refractivity contribution in [2.75, 3.05) is 44.7 Å². The van der Waals surface area contributed by atoms with Gasteiger partial charge in [-0.2, -0.15) is 5.26 Å². The molecule has 134 valence electrons. The van der Waals surface area contributed by atoms with E-state index in [1.54, 1.807) is 12.1 Å². The smallest absolute Gasteiger partial charge is 0.267 e. The molecule has 0 aromatic heterocycles. The number of hydrogen-bond donors (Lipinski definition) is 2. The van der Waals surface area contributed by atoms with Crippen LogP contribution in [0.2, 0.25) is 5.02 Å². The molecular formula is C18H23ClN4O2. The molecule has 0 spiro atoms. The number of ether oxygens (including phenoxy) is 1. The molecule has 25 heavy (non-hydrogen) atoms. The topological polar surface area (TPSA) is 77.4 Å². The zero-order chi connectivity index (χ0) is 18.1. The third-order valence-corrected chi connectivity index (χ3v) is 4.35. The summed E-state index contributed by atoms with van der Waals surface area (Å²) in [5, 5.41) is 15.4. The third kappa shape index (κ3) is 6.39. The van der Waals surface area contributed by atoms with Gasteiger partial charge in [-0.05, 0) is 37.6 Å². The lowest BCUT2D eigenvalue weighted by molar-refractivity contribution is -0.112. The van der Waals surface area contributed by atoms with E-state index in [-0.39, 0.29) is 5.57 Å². The Labute approximate surface area is 153 Å². The molecule has 0 unspecified atom stereocenters. The van der Waals surface area contributed by atoms with E-state index in [1.807, 2.05) is 19.1 Å². The summed E-state index contributed by atoms with van der Waals surface area (Å²) in [7, 11) is 0. The van der Waals surface area contributed by atoms with Crippen LogP contribution in [0, 0.1) is 18.3 Å². The van der Waals surface area contributed by atoms with Gasteiger partial charge in [-0.3, -0.25) is 9.69 Å². The predicted octanol–water partition coefficient (Wildman–Crippen LogP) is 2.31. The van der Waals surface area contributed by atoms with E-state index in [9.17, 15) is 4.79 Å². The summed E-state index contributed by atoms with van der Waals surface area (Å²) in [6.45, 7) is 7.05. The highest BCUT2D eigenvalue weighted by atomic mass is 35.5. The van der Waals surface area contributed by atoms with E-state index in [2.05, 4.69) is 15.5 Å². The van der Waals surface area contributed by atoms with Gasteiger partial charge in [0.05, 0.1) is 13.2 Å². The summed E-state index contributed by atoms with van der Waals surface area (Å²) in [5.41, 5.74) is 1.52. The van der Waals surface area contributed by atoms with Crippen LogP contribution in [0.3, 0.4) is 0 Å². The molecule has 7 heteroatoms. The lowest BCUT2D eigenvalue weighted by Gasteiger charge is -2.26. The highest BCUT2D eigenvalue weighted by molar-refractivity contribution is 6.31. The Morgan fingerprint density at radius 3 is 2.88 bits per heavy atom. The Morgan fingerprint density at radius 2 is 2.20 bits per heavy atom. The van der Waals surface area contributed by atoms with E-state index in [0.717, 1.165) is 44.8 Å². The van der Waals surface area contributed by atoms with Gasteiger partial charge in [0.2, 0.25) is 0 Å². The standard InChI is InChI=1S/C18H23ClN4O2/c1-14-3-4-16(11-17(14)19)22-18(24)15(12-20)13-21-5-2-6-23-7-9-25-10-8-23/h3-4,11,13,21H,2,5-10H2,1H3,(H,22,24)/b15-13-. The van der Waals surface area contributed by atoms with Crippen LogP contribution in [-0.2, 0) is 9.53 Å². The molecule has 1 saturated heterocycles. The molecule has 1 fully saturated rings. The molecule has 1 aromatic carbocycles. The fourth-order valence-electron chi connectivity index (χ4n) is 2.42. The van der Waals surface area contributed by atoms with E-state index in [0.29, 0.717) is 17.3 Å². The van der Waals surface area contributed by atoms with Crippen LogP contribution < -0.4 is 10.6 Å². The van der Waals surface area contributed by atoms with Crippen LogP contribution in [0.1, 0.15) is 12.0 Å². The summed E-state index contributed by atoms with van der Waals surface area (Å²) in [5.74, 6) is -0.455. The van der Waals surface area contributed by atoms with Gasteiger partial charge >= 0.3 is 0 Å². The molecule has 0 radical (unpaired) electrons. The highest BCUT2D eigenvalue weighted by Gasteiger charge is 2.11. The van der Waals surface area contributed by atoms with E-state index >= 15 is 0 Å². The van der Waals surface area contributed by atoms with Gasteiger partial charge in [-0.25, -0.2) is 0 Å². The van der Waals surface area contributed by atoms with Crippen LogP contribution in [0.15, 0.2) is 30.0 Å². The number of amides is 1. The van der Waals surface area contributed by atoms with Gasteiger partial charge in [0, 0.05) is 36.5 Å². The number of hydrogen-bond acceptors (Lipinski definition) is 5. The molecule has 1 heterocycles. The van der Waals surface area contributed by atoms with Crippen molar-refractivity contribution in [3.8, 4) is 6.07 Å². The average molecular weight is 363 g/mol. The van der Waals surface area contributed by atoms with E-state index in [1.165, 1.54) is 6.20 Å². The fraction of sp³-hybridized carbons (Fsp3) is 0.444. The van der Waals surface area contributed by atoms with E-state index in [4.69, 9.17) is 21.6 Å². The molecule has 2 rings (SSSR count). The monoisotopic (exact) mass is 362 g/mol. The second kappa shape index (κ2) is 10.0. The number of benzene rings is 1. The lowest BCUT2D eigenvalue weighted by Crippen LogP contribution is -2.37. The zero-order valence-corrected chi connectivity index (χ0v) is 15.1. The van der Waals surface area contributed by atoms with Gasteiger partial charge in [-0.1, -0.05) is 17.7 Å². The first-order valence-corrected chi connectivity index (χ1v) is 8.69. The number of carbonyl (C=O) groups excluding carboxylic acids is 1. The minimum Gasteiger partial charge on any atom is -0.390 e. The lowest BCUT2D eigenvalue weighted by atomic mass is 10.2. The zero-order valence-electron chi connectivity index (χ0n) is 14.3. The Hall–Kier alpha value is -2.07. The second-order valence-electron chi connectivity index (χ2n) is 5.85. The molecule has 1 aromatic rings. The van der Waals surface area contributed by atoms with Crippen molar-refractivity contribution in [3.05, 3.63) is 40.6 Å². The molecule has 2 N–H and O–H groups in total. The summed E-state index contributed by atoms with van der Waals surface area (Å²) in [6.07, 6.45) is 2.40. The molecular weight excluding hydrogens is 340 g/mol. The van der Waals surface area contributed by atoms with Crippen molar-refractivity contribution in [1.29, 1.82) is 5.26 Å². The van der Waals surface area contributed by atoms with Gasteiger partial charge in [0.25, 0.3) is 5.91 Å². The van der Waals surface area contributed by atoms with Gasteiger partial charge in [-0.15, -0.1) is 0 Å². The number of morpholine rings is 1. The number of nitriles is 1. The first-order valence-electron chi connectivity index (χ1n) is 8.31. The molecule has 6 nitrogen and oxygen atoms in total. The molecule has 1 aliphatic heterocycles. The summed E-state index contributed by atoms with van der Waals surface area (Å²) >= 11 is 6.04. The molecule has 1 amide bonds. The molecule has 0 aliphatic carbocycles. The number of carbonyl (C=O) groups is 1.